The molecule has 0 bridgehead atoms. The summed E-state index contributed by atoms with van der Waals surface area (Å²) in [5.74, 6) is 0.387. The summed E-state index contributed by atoms with van der Waals surface area (Å²) in [4.78, 5) is 26.6. The molecule has 1 saturated heterocycles. The first-order chi connectivity index (χ1) is 10.8. The lowest BCUT2D eigenvalue weighted by Gasteiger charge is -2.27. The van der Waals surface area contributed by atoms with E-state index >= 15 is 0 Å². The molecule has 1 saturated carbocycles. The first-order valence-electron chi connectivity index (χ1n) is 8.36. The minimum Gasteiger partial charge on any atom is -0.346 e. The van der Waals surface area contributed by atoms with Gasteiger partial charge in [0.2, 0.25) is 11.8 Å². The fraction of sp³-hybridized carbons (Fsp3) is 0.556. The van der Waals surface area contributed by atoms with Crippen molar-refractivity contribution in [2.75, 3.05) is 19.6 Å². The molecule has 1 atom stereocenters. The molecule has 0 aromatic heterocycles. The Morgan fingerprint density at radius 1 is 1.09 bits per heavy atom. The summed E-state index contributed by atoms with van der Waals surface area (Å²) < 4.78 is 0. The van der Waals surface area contributed by atoms with Gasteiger partial charge in [-0.2, -0.15) is 0 Å². The van der Waals surface area contributed by atoms with Gasteiger partial charge in [0.05, 0.1) is 12.5 Å². The number of hydrogen-bond donors (Lipinski definition) is 1. The Morgan fingerprint density at radius 2 is 1.77 bits per heavy atom. The smallest absolute Gasteiger partial charge is 0.241 e. The summed E-state index contributed by atoms with van der Waals surface area (Å²) in [6.07, 6.45) is 5.57. The Bertz CT molecular complexity index is 519. The van der Waals surface area contributed by atoms with Gasteiger partial charge in [0.25, 0.3) is 0 Å². The second-order valence-electron chi connectivity index (χ2n) is 6.39. The lowest BCUT2D eigenvalue weighted by atomic mass is 9.93. The van der Waals surface area contributed by atoms with Crippen molar-refractivity contribution in [3.8, 4) is 0 Å². The van der Waals surface area contributed by atoms with E-state index in [-0.39, 0.29) is 24.3 Å². The van der Waals surface area contributed by atoms with Gasteiger partial charge in [-0.15, -0.1) is 0 Å². The van der Waals surface area contributed by atoms with Crippen molar-refractivity contribution in [2.45, 2.75) is 38.0 Å². The van der Waals surface area contributed by atoms with E-state index < -0.39 is 0 Å². The average Bonchev–Trinajstić information content (AvgIpc) is 3.39. The molecule has 22 heavy (non-hydrogen) atoms. The highest BCUT2D eigenvalue weighted by Crippen LogP contribution is 2.42. The van der Waals surface area contributed by atoms with Crippen LogP contribution in [0.5, 0.6) is 0 Å². The number of benzene rings is 1. The molecule has 0 spiro atoms. The monoisotopic (exact) mass is 300 g/mol. The molecular formula is C18H24N2O2. The second kappa shape index (κ2) is 6.95. The highest BCUT2D eigenvalue weighted by molar-refractivity contribution is 5.89. The number of rotatable bonds is 5. The maximum Gasteiger partial charge on any atom is 0.241 e. The number of likely N-dealkylation sites (tertiary alicyclic amines) is 1. The number of carbonyl (C=O) groups excluding carboxylic acids is 2. The lowest BCUT2D eigenvalue weighted by Crippen LogP contribution is -2.43. The van der Waals surface area contributed by atoms with Crippen LogP contribution in [0.3, 0.4) is 0 Å². The number of hydrogen-bond acceptors (Lipinski definition) is 2. The van der Waals surface area contributed by atoms with Crippen LogP contribution >= 0.6 is 0 Å². The minimum atomic E-state index is -0.102. The van der Waals surface area contributed by atoms with Crippen LogP contribution in [-0.2, 0) is 9.59 Å². The van der Waals surface area contributed by atoms with Crippen LogP contribution in [0.4, 0.5) is 0 Å². The van der Waals surface area contributed by atoms with Gasteiger partial charge in [0.1, 0.15) is 0 Å². The summed E-state index contributed by atoms with van der Waals surface area (Å²) >= 11 is 0. The number of nitrogens with zero attached hydrogens (tertiary/aromatic N) is 1. The SMILES string of the molecule is O=C(NCC(=O)N1CCCCC1)C(c1ccccc1)C1CC1. The molecule has 1 unspecified atom stereocenters. The van der Waals surface area contributed by atoms with Gasteiger partial charge in [0.15, 0.2) is 0 Å². The molecule has 1 aliphatic heterocycles. The zero-order valence-corrected chi connectivity index (χ0v) is 13.0. The number of nitrogens with one attached hydrogen (secondary N) is 1. The van der Waals surface area contributed by atoms with Gasteiger partial charge in [0, 0.05) is 13.1 Å². The largest absolute Gasteiger partial charge is 0.346 e. The fourth-order valence-electron chi connectivity index (χ4n) is 3.26. The van der Waals surface area contributed by atoms with Crippen molar-refractivity contribution >= 4 is 11.8 Å². The van der Waals surface area contributed by atoms with Crippen LogP contribution in [0.2, 0.25) is 0 Å². The molecular weight excluding hydrogens is 276 g/mol. The first-order valence-corrected chi connectivity index (χ1v) is 8.36. The molecule has 4 nitrogen and oxygen atoms in total. The van der Waals surface area contributed by atoms with Crippen LogP contribution in [0, 0.1) is 5.92 Å². The van der Waals surface area contributed by atoms with E-state index in [1.54, 1.807) is 0 Å². The Morgan fingerprint density at radius 3 is 2.41 bits per heavy atom. The maximum atomic E-state index is 12.5. The van der Waals surface area contributed by atoms with Crippen LogP contribution < -0.4 is 5.32 Å². The van der Waals surface area contributed by atoms with Crippen LogP contribution in [-0.4, -0.2) is 36.3 Å². The molecule has 2 aliphatic rings. The van der Waals surface area contributed by atoms with Gasteiger partial charge < -0.3 is 10.2 Å². The predicted octanol–water partition coefficient (Wildman–Crippen LogP) is 2.31. The molecule has 3 rings (SSSR count). The van der Waals surface area contributed by atoms with E-state index in [9.17, 15) is 9.59 Å². The van der Waals surface area contributed by atoms with E-state index in [0.29, 0.717) is 5.92 Å². The molecule has 2 amide bonds. The molecule has 1 aliphatic carbocycles. The molecule has 1 N–H and O–H groups in total. The minimum absolute atomic E-state index is 0.000871. The Hall–Kier alpha value is -1.84. The number of piperidine rings is 1. The van der Waals surface area contributed by atoms with Gasteiger partial charge in [-0.3, -0.25) is 9.59 Å². The highest BCUT2D eigenvalue weighted by atomic mass is 16.2. The standard InChI is InChI=1S/C18H24N2O2/c21-16(20-11-5-2-6-12-20)13-19-18(22)17(15-9-10-15)14-7-3-1-4-8-14/h1,3-4,7-8,15,17H,2,5-6,9-13H2,(H,19,22). The summed E-state index contributed by atoms with van der Waals surface area (Å²) in [6, 6.07) is 9.92. The van der Waals surface area contributed by atoms with Crippen molar-refractivity contribution < 1.29 is 9.59 Å². The molecule has 0 radical (unpaired) electrons. The zero-order chi connectivity index (χ0) is 15.4. The van der Waals surface area contributed by atoms with Crippen molar-refractivity contribution in [1.29, 1.82) is 0 Å². The second-order valence-corrected chi connectivity index (χ2v) is 6.39. The lowest BCUT2D eigenvalue weighted by molar-refractivity contribution is -0.134. The molecule has 4 heteroatoms. The van der Waals surface area contributed by atoms with Gasteiger partial charge >= 0.3 is 0 Å². The first kappa shape index (κ1) is 15.1. The normalized spacial score (nSPS) is 19.5. The third kappa shape index (κ3) is 3.67. The van der Waals surface area contributed by atoms with Crippen molar-refractivity contribution in [1.82, 2.24) is 10.2 Å². The summed E-state index contributed by atoms with van der Waals surface area (Å²) in [7, 11) is 0. The maximum absolute atomic E-state index is 12.5. The topological polar surface area (TPSA) is 49.4 Å². The molecule has 2 fully saturated rings. The molecule has 1 heterocycles. The van der Waals surface area contributed by atoms with Gasteiger partial charge in [-0.25, -0.2) is 0 Å². The predicted molar refractivity (Wildman–Crippen MR) is 85.3 cm³/mol. The van der Waals surface area contributed by atoms with Crippen LogP contribution in [0.15, 0.2) is 30.3 Å². The van der Waals surface area contributed by atoms with Gasteiger partial charge in [-0.05, 0) is 43.6 Å². The van der Waals surface area contributed by atoms with E-state index in [1.165, 1.54) is 6.42 Å². The summed E-state index contributed by atoms with van der Waals surface area (Å²) in [6.45, 7) is 1.80. The quantitative estimate of drug-likeness (QED) is 0.907. The number of amides is 2. The van der Waals surface area contributed by atoms with Crippen LogP contribution in [0.1, 0.15) is 43.6 Å². The molecule has 1 aromatic carbocycles. The van der Waals surface area contributed by atoms with E-state index in [0.717, 1.165) is 44.3 Å². The van der Waals surface area contributed by atoms with Crippen molar-refractivity contribution in [3.63, 3.8) is 0 Å². The zero-order valence-electron chi connectivity index (χ0n) is 13.0. The van der Waals surface area contributed by atoms with E-state index in [1.807, 2.05) is 35.2 Å². The summed E-state index contributed by atoms with van der Waals surface area (Å²) in [5, 5.41) is 2.87. The third-order valence-electron chi connectivity index (χ3n) is 4.66. The number of carbonyl (C=O) groups is 2. The third-order valence-corrected chi connectivity index (χ3v) is 4.66. The van der Waals surface area contributed by atoms with E-state index in [4.69, 9.17) is 0 Å². The van der Waals surface area contributed by atoms with E-state index in [2.05, 4.69) is 5.32 Å². The Balaban J connectivity index is 1.56. The fourth-order valence-corrected chi connectivity index (χ4v) is 3.26. The Kier molecular flexibility index (Phi) is 4.76. The molecule has 118 valence electrons. The molecule has 1 aromatic rings. The highest BCUT2D eigenvalue weighted by Gasteiger charge is 2.37. The van der Waals surface area contributed by atoms with Crippen LogP contribution in [0.25, 0.3) is 0 Å². The average molecular weight is 300 g/mol. The summed E-state index contributed by atoms with van der Waals surface area (Å²) in [5.41, 5.74) is 1.06. The van der Waals surface area contributed by atoms with Crippen molar-refractivity contribution in [2.24, 2.45) is 5.92 Å². The Labute approximate surface area is 131 Å². The van der Waals surface area contributed by atoms with Gasteiger partial charge in [-0.1, -0.05) is 30.3 Å². The van der Waals surface area contributed by atoms with Crippen molar-refractivity contribution in [3.05, 3.63) is 35.9 Å².